The Hall–Kier alpha value is -4.12. The third kappa shape index (κ3) is 7.94. The molecule has 0 saturated carbocycles. The van der Waals surface area contributed by atoms with Crippen molar-refractivity contribution in [3.05, 3.63) is 78.1 Å². The van der Waals surface area contributed by atoms with Gasteiger partial charge in [0.15, 0.2) is 34.0 Å². The smallest absolute Gasteiger partial charge is 0.331 e. The number of aliphatic carboxylic acids is 1. The van der Waals surface area contributed by atoms with Gasteiger partial charge in [-0.3, -0.25) is 4.79 Å². The molecule has 1 aliphatic rings. The van der Waals surface area contributed by atoms with E-state index >= 15 is 0 Å². The third-order valence-corrected chi connectivity index (χ3v) is 10.2. The molecular formula is C34H41FN2O7S. The molecule has 0 unspecified atom stereocenters. The molecule has 0 saturated heterocycles. The lowest BCUT2D eigenvalue weighted by Crippen LogP contribution is -2.38. The highest BCUT2D eigenvalue weighted by atomic mass is 32.2. The van der Waals surface area contributed by atoms with Gasteiger partial charge in [0.25, 0.3) is 5.91 Å². The lowest BCUT2D eigenvalue weighted by Gasteiger charge is -2.37. The van der Waals surface area contributed by atoms with Gasteiger partial charge in [-0.05, 0) is 31.0 Å². The van der Waals surface area contributed by atoms with Crippen molar-refractivity contribution in [3.8, 4) is 11.5 Å². The molecule has 0 aliphatic carbocycles. The first kappa shape index (κ1) is 33.8. The molecule has 3 aromatic rings. The lowest BCUT2D eigenvalue weighted by atomic mass is 9.79. The topological polar surface area (TPSA) is 122 Å². The quantitative estimate of drug-likeness (QED) is 0.206. The number of nitrogens with zero attached hydrogens (tertiary/aromatic N) is 1. The monoisotopic (exact) mass is 640 g/mol. The predicted octanol–water partition coefficient (Wildman–Crippen LogP) is 6.45. The Balaban J connectivity index is 1.71. The number of carboxylic acid groups (broad SMARTS) is 1. The number of unbranched alkanes of at least 4 members (excludes halogenated alkanes) is 2. The molecule has 11 heteroatoms. The maximum absolute atomic E-state index is 14.3. The number of anilines is 2. The number of benzene rings is 3. The SMILES string of the molecule is CCCCC1(CCCC)CN(c2ccccc2)c2cc(OC)c(OCC(=O)N[C@@H](C(=O)O)c3ccccc3F)cc2S(=O)(=O)C1. The van der Waals surface area contributed by atoms with E-state index in [0.29, 0.717) is 12.2 Å². The summed E-state index contributed by atoms with van der Waals surface area (Å²) in [6, 6.07) is 16.2. The predicted molar refractivity (Wildman–Crippen MR) is 170 cm³/mol. The number of ether oxygens (including phenoxy) is 2. The zero-order valence-corrected chi connectivity index (χ0v) is 26.7. The minimum absolute atomic E-state index is 0.00960. The van der Waals surface area contributed by atoms with Crippen LogP contribution in [-0.2, 0) is 19.4 Å². The summed E-state index contributed by atoms with van der Waals surface area (Å²) in [5, 5.41) is 11.9. The van der Waals surface area contributed by atoms with E-state index in [1.165, 1.54) is 31.4 Å². The number of halogens is 1. The number of methoxy groups -OCH3 is 1. The van der Waals surface area contributed by atoms with Crippen molar-refractivity contribution < 1.29 is 37.0 Å². The lowest BCUT2D eigenvalue weighted by molar-refractivity contribution is -0.142. The van der Waals surface area contributed by atoms with Crippen molar-refractivity contribution in [1.29, 1.82) is 0 Å². The maximum Gasteiger partial charge on any atom is 0.331 e. The van der Waals surface area contributed by atoms with Crippen LogP contribution < -0.4 is 19.7 Å². The van der Waals surface area contributed by atoms with Crippen molar-refractivity contribution in [1.82, 2.24) is 5.32 Å². The molecule has 3 aromatic carbocycles. The number of amides is 1. The summed E-state index contributed by atoms with van der Waals surface area (Å²) in [6.07, 6.45) is 5.20. The summed E-state index contributed by atoms with van der Waals surface area (Å²) >= 11 is 0. The molecule has 1 atom stereocenters. The summed E-state index contributed by atoms with van der Waals surface area (Å²) in [5.74, 6) is -2.88. The Morgan fingerprint density at radius 1 is 1.00 bits per heavy atom. The van der Waals surface area contributed by atoms with Gasteiger partial charge >= 0.3 is 5.97 Å². The molecule has 1 aliphatic heterocycles. The Kier molecular flexibility index (Phi) is 11.1. The minimum atomic E-state index is -3.84. The van der Waals surface area contributed by atoms with Crippen molar-refractivity contribution in [2.45, 2.75) is 63.3 Å². The van der Waals surface area contributed by atoms with E-state index in [0.717, 1.165) is 50.3 Å². The largest absolute Gasteiger partial charge is 0.493 e. The molecule has 9 nitrogen and oxygen atoms in total. The standard InChI is InChI=1S/C34H41FN2O7S/c1-4-6-17-34(18-7-5-2)22-37(24-13-9-8-10-14-24)27-19-28(43-3)29(20-30(27)45(41,42)23-34)44-21-31(38)36-32(33(39)40)25-15-11-12-16-26(25)35/h8-16,19-20,32H,4-7,17-18,21-23H2,1-3H3,(H,36,38)(H,39,40)/t32-/m1/s1. The van der Waals surface area contributed by atoms with Crippen LogP contribution >= 0.6 is 0 Å². The van der Waals surface area contributed by atoms with Crippen LogP contribution in [-0.4, -0.2) is 51.4 Å². The van der Waals surface area contributed by atoms with Gasteiger partial charge in [0, 0.05) is 35.3 Å². The first-order chi connectivity index (χ1) is 21.5. The Morgan fingerprint density at radius 2 is 1.64 bits per heavy atom. The van der Waals surface area contributed by atoms with Gasteiger partial charge in [0.05, 0.1) is 23.4 Å². The van der Waals surface area contributed by atoms with Crippen LogP contribution in [0.25, 0.3) is 0 Å². The van der Waals surface area contributed by atoms with Crippen LogP contribution in [0.5, 0.6) is 11.5 Å². The summed E-state index contributed by atoms with van der Waals surface area (Å²) < 4.78 is 54.1. The second-order valence-electron chi connectivity index (χ2n) is 11.5. The fourth-order valence-electron chi connectivity index (χ4n) is 5.91. The van der Waals surface area contributed by atoms with Gasteiger partial charge < -0.3 is 24.8 Å². The normalized spacial score (nSPS) is 15.8. The highest BCUT2D eigenvalue weighted by Crippen LogP contribution is 2.48. The van der Waals surface area contributed by atoms with E-state index in [9.17, 15) is 27.5 Å². The number of carboxylic acids is 1. The van der Waals surface area contributed by atoms with Gasteiger partial charge in [-0.2, -0.15) is 0 Å². The molecule has 4 rings (SSSR count). The number of rotatable bonds is 14. The van der Waals surface area contributed by atoms with Crippen LogP contribution in [0.4, 0.5) is 15.8 Å². The number of nitrogens with one attached hydrogen (secondary N) is 1. The van der Waals surface area contributed by atoms with Crippen molar-refractivity contribution in [2.75, 3.05) is 30.9 Å². The fourth-order valence-corrected chi connectivity index (χ4v) is 8.02. The van der Waals surface area contributed by atoms with Crippen LogP contribution in [0.2, 0.25) is 0 Å². The van der Waals surface area contributed by atoms with Crippen molar-refractivity contribution in [3.63, 3.8) is 0 Å². The average Bonchev–Trinajstić information content (AvgIpc) is 3.12. The van der Waals surface area contributed by atoms with Gasteiger partial charge in [-0.25, -0.2) is 17.6 Å². The van der Waals surface area contributed by atoms with Gasteiger partial charge in [0.1, 0.15) is 5.82 Å². The second kappa shape index (κ2) is 14.8. The number of sulfone groups is 1. The van der Waals surface area contributed by atoms with Crippen LogP contribution in [0.3, 0.4) is 0 Å². The zero-order chi connectivity index (χ0) is 32.6. The summed E-state index contributed by atoms with van der Waals surface area (Å²) in [4.78, 5) is 26.8. The number of para-hydroxylation sites is 1. The van der Waals surface area contributed by atoms with Crippen molar-refractivity contribution in [2.24, 2.45) is 5.41 Å². The molecule has 45 heavy (non-hydrogen) atoms. The highest BCUT2D eigenvalue weighted by Gasteiger charge is 2.42. The Labute approximate surface area is 264 Å². The van der Waals surface area contributed by atoms with Crippen LogP contribution in [0, 0.1) is 11.2 Å². The first-order valence-electron chi connectivity index (χ1n) is 15.2. The third-order valence-electron chi connectivity index (χ3n) is 8.18. The number of hydrogen-bond acceptors (Lipinski definition) is 7. The highest BCUT2D eigenvalue weighted by molar-refractivity contribution is 7.91. The molecule has 1 amide bonds. The van der Waals surface area contributed by atoms with Gasteiger partial charge in [-0.1, -0.05) is 75.9 Å². The summed E-state index contributed by atoms with van der Waals surface area (Å²) in [6.45, 7) is 4.04. The first-order valence-corrected chi connectivity index (χ1v) is 16.9. The van der Waals surface area contributed by atoms with Crippen molar-refractivity contribution >= 4 is 33.1 Å². The van der Waals surface area contributed by atoms with Gasteiger partial charge in [-0.15, -0.1) is 0 Å². The average molecular weight is 641 g/mol. The Bertz CT molecular complexity index is 1590. The molecule has 0 fully saturated rings. The molecule has 1 heterocycles. The number of fused-ring (bicyclic) bond motifs is 1. The van der Waals surface area contributed by atoms with E-state index in [-0.39, 0.29) is 27.7 Å². The van der Waals surface area contributed by atoms with E-state index in [1.54, 1.807) is 6.07 Å². The van der Waals surface area contributed by atoms with Crippen LogP contribution in [0.1, 0.15) is 64.0 Å². The van der Waals surface area contributed by atoms with Crippen LogP contribution in [0.15, 0.2) is 71.6 Å². The molecular weight excluding hydrogens is 599 g/mol. The molecule has 2 N–H and O–H groups in total. The zero-order valence-electron chi connectivity index (χ0n) is 25.9. The number of carbonyl (C=O) groups excluding carboxylic acids is 1. The van der Waals surface area contributed by atoms with E-state index in [4.69, 9.17) is 9.47 Å². The van der Waals surface area contributed by atoms with Gasteiger partial charge in [0.2, 0.25) is 0 Å². The number of carbonyl (C=O) groups is 2. The summed E-state index contributed by atoms with van der Waals surface area (Å²) in [7, 11) is -2.43. The fraction of sp³-hybridized carbons (Fsp3) is 0.412. The number of hydrogen-bond donors (Lipinski definition) is 2. The molecule has 0 bridgehead atoms. The Morgan fingerprint density at radius 3 is 2.24 bits per heavy atom. The van der Waals surface area contributed by atoms with E-state index in [1.807, 2.05) is 35.2 Å². The second-order valence-corrected chi connectivity index (χ2v) is 13.5. The molecule has 0 spiro atoms. The molecule has 242 valence electrons. The van der Waals surface area contributed by atoms with E-state index in [2.05, 4.69) is 19.2 Å². The summed E-state index contributed by atoms with van der Waals surface area (Å²) in [5.41, 5.74) is 0.598. The minimum Gasteiger partial charge on any atom is -0.493 e. The van der Waals surface area contributed by atoms with E-state index < -0.39 is 45.6 Å². The maximum atomic E-state index is 14.3. The molecule has 0 radical (unpaired) electrons. The molecule has 0 aromatic heterocycles.